The van der Waals surface area contributed by atoms with Crippen molar-refractivity contribution in [3.05, 3.63) is 85.8 Å². The summed E-state index contributed by atoms with van der Waals surface area (Å²) < 4.78 is 28.1. The van der Waals surface area contributed by atoms with Crippen LogP contribution in [0.1, 0.15) is 10.5 Å². The third-order valence-corrected chi connectivity index (χ3v) is 4.31. The van der Waals surface area contributed by atoms with Crippen LogP contribution in [-0.4, -0.2) is 15.7 Å². The Hall–Kier alpha value is -2.62. The van der Waals surface area contributed by atoms with Gasteiger partial charge in [-0.05, 0) is 52.9 Å². The van der Waals surface area contributed by atoms with E-state index in [0.717, 1.165) is 16.8 Å². The largest absolute Gasteiger partial charge is 0.320 e. The number of hydrogen-bond acceptors (Lipinski definition) is 3. The topological polar surface area (TPSA) is 64.0 Å². The summed E-state index contributed by atoms with van der Waals surface area (Å²) in [6.07, 6.45) is 0. The molecule has 8 heteroatoms. The lowest BCUT2D eigenvalue weighted by Gasteiger charge is -2.08. The highest BCUT2D eigenvalue weighted by molar-refractivity contribution is 14.1. The molecule has 0 radical (unpaired) electrons. The van der Waals surface area contributed by atoms with Gasteiger partial charge in [-0.25, -0.2) is 8.78 Å². The maximum Gasteiger partial charge on any atom is 0.276 e. The van der Waals surface area contributed by atoms with Crippen LogP contribution in [0.15, 0.2) is 59.4 Å². The van der Waals surface area contributed by atoms with Gasteiger partial charge in [-0.3, -0.25) is 9.59 Å². The molecule has 0 aliphatic rings. The molecule has 0 aliphatic heterocycles. The standard InChI is InChI=1S/C17H10F2IN3O2/c18-12-8-10(9-13(19)16(12)20)21-17(25)14-6-7-15(24)23(22-14)11-4-2-1-3-5-11/h1-9H,(H,21,25). The minimum Gasteiger partial charge on any atom is -0.320 e. The third kappa shape index (κ3) is 3.73. The summed E-state index contributed by atoms with van der Waals surface area (Å²) >= 11 is 1.53. The molecule has 1 heterocycles. The van der Waals surface area contributed by atoms with Gasteiger partial charge in [0.1, 0.15) is 17.3 Å². The van der Waals surface area contributed by atoms with Gasteiger partial charge in [0.15, 0.2) is 0 Å². The van der Waals surface area contributed by atoms with E-state index in [1.54, 1.807) is 30.3 Å². The molecule has 1 N–H and O–H groups in total. The van der Waals surface area contributed by atoms with Crippen LogP contribution < -0.4 is 10.9 Å². The monoisotopic (exact) mass is 453 g/mol. The lowest BCUT2D eigenvalue weighted by molar-refractivity contribution is 0.102. The van der Waals surface area contributed by atoms with Gasteiger partial charge in [0.05, 0.1) is 9.26 Å². The first-order chi connectivity index (χ1) is 12.0. The molecule has 0 saturated carbocycles. The highest BCUT2D eigenvalue weighted by Crippen LogP contribution is 2.20. The second-order valence-corrected chi connectivity index (χ2v) is 6.09. The van der Waals surface area contributed by atoms with E-state index in [9.17, 15) is 18.4 Å². The summed E-state index contributed by atoms with van der Waals surface area (Å²) in [5.41, 5.74) is -0.0231. The molecule has 0 atom stereocenters. The van der Waals surface area contributed by atoms with E-state index in [0.29, 0.717) is 5.69 Å². The number of nitrogens with one attached hydrogen (secondary N) is 1. The molecule has 0 aliphatic carbocycles. The van der Waals surface area contributed by atoms with Gasteiger partial charge in [-0.15, -0.1) is 0 Å². The number of carbonyl (C=O) groups excluding carboxylic acids is 1. The molecule has 3 aromatic rings. The van der Waals surface area contributed by atoms with Crippen LogP contribution in [0.2, 0.25) is 0 Å². The minimum absolute atomic E-state index is 0.0420. The molecule has 5 nitrogen and oxygen atoms in total. The number of benzene rings is 2. The van der Waals surface area contributed by atoms with E-state index in [2.05, 4.69) is 10.4 Å². The van der Waals surface area contributed by atoms with Gasteiger partial charge in [-0.2, -0.15) is 9.78 Å². The average molecular weight is 453 g/mol. The Balaban J connectivity index is 1.92. The molecular weight excluding hydrogens is 443 g/mol. The number of anilines is 1. The van der Waals surface area contributed by atoms with Gasteiger partial charge in [0.25, 0.3) is 11.5 Å². The quantitative estimate of drug-likeness (QED) is 0.489. The zero-order chi connectivity index (χ0) is 18.0. The number of amides is 1. The van der Waals surface area contributed by atoms with Crippen LogP contribution in [0.3, 0.4) is 0 Å². The van der Waals surface area contributed by atoms with Crippen molar-refractivity contribution in [2.75, 3.05) is 5.32 Å². The van der Waals surface area contributed by atoms with Crippen molar-refractivity contribution < 1.29 is 13.6 Å². The smallest absolute Gasteiger partial charge is 0.276 e. The van der Waals surface area contributed by atoms with Crippen LogP contribution in [0.25, 0.3) is 5.69 Å². The van der Waals surface area contributed by atoms with Gasteiger partial charge < -0.3 is 5.32 Å². The van der Waals surface area contributed by atoms with Crippen molar-refractivity contribution >= 4 is 34.2 Å². The Labute approximate surface area is 154 Å². The lowest BCUT2D eigenvalue weighted by Crippen LogP contribution is -2.24. The van der Waals surface area contributed by atoms with Crippen LogP contribution in [0.5, 0.6) is 0 Å². The average Bonchev–Trinajstić information content (AvgIpc) is 2.60. The highest BCUT2D eigenvalue weighted by atomic mass is 127. The van der Waals surface area contributed by atoms with Gasteiger partial charge in [-0.1, -0.05) is 18.2 Å². The molecule has 0 bridgehead atoms. The van der Waals surface area contributed by atoms with Gasteiger partial charge in [0.2, 0.25) is 0 Å². The Morgan fingerprint density at radius 2 is 1.68 bits per heavy atom. The maximum absolute atomic E-state index is 13.6. The summed E-state index contributed by atoms with van der Waals surface area (Å²) in [6.45, 7) is 0. The molecule has 25 heavy (non-hydrogen) atoms. The van der Waals surface area contributed by atoms with Crippen molar-refractivity contribution in [2.45, 2.75) is 0 Å². The first-order valence-corrected chi connectivity index (χ1v) is 8.15. The van der Waals surface area contributed by atoms with E-state index in [1.807, 2.05) is 0 Å². The molecule has 2 aromatic carbocycles. The van der Waals surface area contributed by atoms with E-state index >= 15 is 0 Å². The minimum atomic E-state index is -0.780. The summed E-state index contributed by atoms with van der Waals surface area (Å²) in [4.78, 5) is 24.2. The number of rotatable bonds is 3. The van der Waals surface area contributed by atoms with Crippen LogP contribution in [0.4, 0.5) is 14.5 Å². The molecular formula is C17H10F2IN3O2. The van der Waals surface area contributed by atoms with Crippen LogP contribution in [0, 0.1) is 15.2 Å². The fraction of sp³-hybridized carbons (Fsp3) is 0. The van der Waals surface area contributed by atoms with E-state index in [4.69, 9.17) is 0 Å². The molecule has 3 rings (SSSR count). The summed E-state index contributed by atoms with van der Waals surface area (Å²) in [5, 5.41) is 6.37. The van der Waals surface area contributed by atoms with Crippen LogP contribution >= 0.6 is 22.6 Å². The summed E-state index contributed by atoms with van der Waals surface area (Å²) in [6, 6.07) is 13.0. The zero-order valence-electron chi connectivity index (χ0n) is 12.5. The Morgan fingerprint density at radius 3 is 2.32 bits per heavy atom. The zero-order valence-corrected chi connectivity index (χ0v) is 14.7. The number of halogens is 3. The fourth-order valence-electron chi connectivity index (χ4n) is 2.11. The van der Waals surface area contributed by atoms with E-state index in [-0.39, 0.29) is 15.0 Å². The van der Waals surface area contributed by atoms with Crippen molar-refractivity contribution in [1.82, 2.24) is 9.78 Å². The van der Waals surface area contributed by atoms with Crippen LogP contribution in [-0.2, 0) is 0 Å². The third-order valence-electron chi connectivity index (χ3n) is 3.28. The molecule has 1 amide bonds. The SMILES string of the molecule is O=C(Nc1cc(F)c(I)c(F)c1)c1ccc(=O)n(-c2ccccc2)n1. The van der Waals surface area contributed by atoms with Gasteiger partial charge in [0, 0.05) is 11.8 Å². The number of para-hydroxylation sites is 1. The van der Waals surface area contributed by atoms with Crippen molar-refractivity contribution in [3.63, 3.8) is 0 Å². The molecule has 0 saturated heterocycles. The number of carbonyl (C=O) groups is 1. The number of hydrogen-bond donors (Lipinski definition) is 1. The summed E-state index contributed by atoms with van der Waals surface area (Å²) in [5.74, 6) is -2.25. The Bertz CT molecular complexity index is 983. The van der Waals surface area contributed by atoms with Crippen molar-refractivity contribution in [2.24, 2.45) is 0 Å². The molecule has 126 valence electrons. The fourth-order valence-corrected chi connectivity index (χ4v) is 2.42. The first-order valence-electron chi connectivity index (χ1n) is 7.07. The van der Waals surface area contributed by atoms with Crippen molar-refractivity contribution in [1.29, 1.82) is 0 Å². The normalized spacial score (nSPS) is 10.5. The predicted molar refractivity (Wildman–Crippen MR) is 96.9 cm³/mol. The lowest BCUT2D eigenvalue weighted by atomic mass is 10.2. The number of nitrogens with zero attached hydrogens (tertiary/aromatic N) is 2. The molecule has 0 spiro atoms. The van der Waals surface area contributed by atoms with E-state index in [1.165, 1.54) is 34.7 Å². The molecule has 0 unspecified atom stereocenters. The van der Waals surface area contributed by atoms with Crippen molar-refractivity contribution in [3.8, 4) is 5.69 Å². The van der Waals surface area contributed by atoms with E-state index < -0.39 is 23.1 Å². The highest BCUT2D eigenvalue weighted by Gasteiger charge is 2.14. The first kappa shape index (κ1) is 17.2. The summed E-state index contributed by atoms with van der Waals surface area (Å²) in [7, 11) is 0. The molecule has 1 aromatic heterocycles. The maximum atomic E-state index is 13.6. The van der Waals surface area contributed by atoms with Gasteiger partial charge >= 0.3 is 0 Å². The second kappa shape index (κ2) is 7.09. The Morgan fingerprint density at radius 1 is 1.04 bits per heavy atom. The Kier molecular flexibility index (Phi) is 4.88. The number of aromatic nitrogens is 2. The second-order valence-electron chi connectivity index (χ2n) is 5.01. The predicted octanol–water partition coefficient (Wildman–Crippen LogP) is 3.37. The molecule has 0 fully saturated rings.